The van der Waals surface area contributed by atoms with Gasteiger partial charge in [-0.2, -0.15) is 0 Å². The molecule has 2 aromatic heterocycles. The second-order valence-electron chi connectivity index (χ2n) is 3.44. The Hall–Kier alpha value is -1.96. The number of pyridine rings is 1. The van der Waals surface area contributed by atoms with E-state index >= 15 is 0 Å². The van der Waals surface area contributed by atoms with Crippen LogP contribution in [0.4, 0.5) is 5.69 Å². The van der Waals surface area contributed by atoms with Crippen molar-refractivity contribution in [3.8, 4) is 11.5 Å². The molecule has 4 N–H and O–H groups in total. The van der Waals surface area contributed by atoms with Crippen LogP contribution in [-0.2, 0) is 10.7 Å². The van der Waals surface area contributed by atoms with Gasteiger partial charge in [0.1, 0.15) is 11.9 Å². The fourth-order valence-electron chi connectivity index (χ4n) is 1.14. The van der Waals surface area contributed by atoms with E-state index in [2.05, 4.69) is 25.4 Å². The molecule has 0 bridgehead atoms. The monoisotopic (exact) mass is 268 g/mol. The first-order chi connectivity index (χ1) is 8.44. The lowest BCUT2D eigenvalue weighted by molar-refractivity contribution is 0.370. The maximum absolute atomic E-state index is 10.7. The van der Waals surface area contributed by atoms with Crippen LogP contribution in [-0.4, -0.2) is 35.2 Å². The predicted molar refractivity (Wildman–Crippen MR) is 61.0 cm³/mol. The average Bonchev–Trinajstić information content (AvgIpc) is 2.29. The second-order valence-corrected chi connectivity index (χ2v) is 5.09. The average molecular weight is 268 g/mol. The molecule has 0 saturated heterocycles. The van der Waals surface area contributed by atoms with Crippen molar-refractivity contribution in [3.63, 3.8) is 0 Å². The molecule has 0 spiro atoms. The number of anilines is 1. The van der Waals surface area contributed by atoms with Crippen molar-refractivity contribution in [2.45, 2.75) is 6.16 Å². The Morgan fingerprint density at radius 1 is 1.17 bits per heavy atom. The molecule has 0 radical (unpaired) electrons. The van der Waals surface area contributed by atoms with E-state index in [1.807, 2.05) is 0 Å². The van der Waals surface area contributed by atoms with E-state index < -0.39 is 13.8 Å². The van der Waals surface area contributed by atoms with Crippen molar-refractivity contribution in [2.24, 2.45) is 0 Å². The number of hydrogen-bond acceptors (Lipinski definition) is 7. The Morgan fingerprint density at radius 3 is 2.33 bits per heavy atom. The Morgan fingerprint density at radius 2 is 1.83 bits per heavy atom. The van der Waals surface area contributed by atoms with Crippen molar-refractivity contribution in [3.05, 3.63) is 24.2 Å². The largest absolute Gasteiger partial charge is 0.397 e. The minimum Gasteiger partial charge on any atom is -0.397 e. The van der Waals surface area contributed by atoms with E-state index in [1.165, 1.54) is 6.20 Å². The highest BCUT2D eigenvalue weighted by molar-refractivity contribution is 7.50. The van der Waals surface area contributed by atoms with Gasteiger partial charge in [-0.3, -0.25) is 9.55 Å². The molecule has 0 fully saturated rings. The van der Waals surface area contributed by atoms with Gasteiger partial charge in [-0.15, -0.1) is 20.4 Å². The standard InChI is InChI=1S/C8H9N6O3P/c9-5-1-2-6(10-3-5)8-13-11-7(12-14-8)4-18(15,16)17/h1-3H,4,9H2,(H2,15,16,17). The van der Waals surface area contributed by atoms with Crippen LogP contribution < -0.4 is 5.73 Å². The third-order valence-corrected chi connectivity index (χ3v) is 2.58. The van der Waals surface area contributed by atoms with E-state index in [1.54, 1.807) is 12.1 Å². The third-order valence-electron chi connectivity index (χ3n) is 1.88. The van der Waals surface area contributed by atoms with Crippen LogP contribution in [0.3, 0.4) is 0 Å². The molecule has 0 amide bonds. The first kappa shape index (κ1) is 12.5. The molecule has 0 aliphatic heterocycles. The first-order valence-electron chi connectivity index (χ1n) is 4.77. The summed E-state index contributed by atoms with van der Waals surface area (Å²) in [6, 6.07) is 3.21. The van der Waals surface area contributed by atoms with Gasteiger partial charge in [-0.05, 0) is 12.1 Å². The summed E-state index contributed by atoms with van der Waals surface area (Å²) < 4.78 is 10.7. The van der Waals surface area contributed by atoms with Gasteiger partial charge in [0, 0.05) is 0 Å². The topological polar surface area (TPSA) is 148 Å². The second kappa shape index (κ2) is 4.73. The summed E-state index contributed by atoms with van der Waals surface area (Å²) in [5.74, 6) is 0.0343. The molecule has 94 valence electrons. The summed E-state index contributed by atoms with van der Waals surface area (Å²) in [6.45, 7) is 0. The van der Waals surface area contributed by atoms with Crippen LogP contribution in [0.1, 0.15) is 5.82 Å². The van der Waals surface area contributed by atoms with Gasteiger partial charge in [0.05, 0.1) is 11.9 Å². The summed E-state index contributed by atoms with van der Waals surface area (Å²) >= 11 is 0. The van der Waals surface area contributed by atoms with Gasteiger partial charge in [0.25, 0.3) is 0 Å². The highest BCUT2D eigenvalue weighted by atomic mass is 31.2. The molecular formula is C8H9N6O3P. The van der Waals surface area contributed by atoms with Gasteiger partial charge in [0.15, 0.2) is 5.82 Å². The Bertz CT molecular complexity index is 581. The zero-order valence-corrected chi connectivity index (χ0v) is 9.90. The van der Waals surface area contributed by atoms with Crippen molar-refractivity contribution in [1.82, 2.24) is 25.4 Å². The number of nitrogens with zero attached hydrogens (tertiary/aromatic N) is 5. The number of nitrogens with two attached hydrogens (primary N) is 1. The van der Waals surface area contributed by atoms with Crippen molar-refractivity contribution >= 4 is 13.3 Å². The maximum Gasteiger partial charge on any atom is 0.333 e. The molecular weight excluding hydrogens is 259 g/mol. The molecule has 18 heavy (non-hydrogen) atoms. The molecule has 2 rings (SSSR count). The number of nitrogen functional groups attached to an aromatic ring is 1. The molecule has 0 aliphatic carbocycles. The zero-order valence-electron chi connectivity index (χ0n) is 9.00. The number of hydrogen-bond donors (Lipinski definition) is 3. The predicted octanol–water partition coefficient (Wildman–Crippen LogP) is -0.411. The van der Waals surface area contributed by atoms with Crippen LogP contribution in [0.25, 0.3) is 11.5 Å². The molecule has 9 nitrogen and oxygen atoms in total. The minimum atomic E-state index is -4.22. The normalized spacial score (nSPS) is 11.4. The quantitative estimate of drug-likeness (QED) is 0.631. The van der Waals surface area contributed by atoms with Gasteiger partial charge >= 0.3 is 7.60 Å². The molecule has 0 unspecified atom stereocenters. The lowest BCUT2D eigenvalue weighted by atomic mass is 10.3. The Labute approximate surface area is 101 Å². The molecule has 2 heterocycles. The van der Waals surface area contributed by atoms with Gasteiger partial charge in [-0.1, -0.05) is 0 Å². The van der Waals surface area contributed by atoms with Crippen LogP contribution in [0.5, 0.6) is 0 Å². The lowest BCUT2D eigenvalue weighted by Gasteiger charge is -2.01. The summed E-state index contributed by atoms with van der Waals surface area (Å²) in [5, 5.41) is 14.5. The summed E-state index contributed by atoms with van der Waals surface area (Å²) in [4.78, 5) is 21.4. The number of rotatable bonds is 3. The van der Waals surface area contributed by atoms with E-state index in [-0.39, 0.29) is 11.6 Å². The molecule has 0 aliphatic rings. The van der Waals surface area contributed by atoms with Gasteiger partial charge in [-0.25, -0.2) is 0 Å². The van der Waals surface area contributed by atoms with Crippen molar-refractivity contribution in [2.75, 3.05) is 5.73 Å². The van der Waals surface area contributed by atoms with Crippen LogP contribution in [0, 0.1) is 0 Å². The number of aromatic nitrogens is 5. The maximum atomic E-state index is 10.7. The van der Waals surface area contributed by atoms with Gasteiger partial charge in [0.2, 0.25) is 5.82 Å². The van der Waals surface area contributed by atoms with E-state index in [0.717, 1.165) is 0 Å². The van der Waals surface area contributed by atoms with Crippen LogP contribution in [0.2, 0.25) is 0 Å². The third kappa shape index (κ3) is 3.27. The van der Waals surface area contributed by atoms with Crippen LogP contribution in [0.15, 0.2) is 18.3 Å². The lowest BCUT2D eigenvalue weighted by Crippen LogP contribution is -2.04. The Kier molecular flexibility index (Phi) is 3.28. The fourth-order valence-corrected chi connectivity index (χ4v) is 1.63. The Balaban J connectivity index is 2.22. The van der Waals surface area contributed by atoms with Crippen molar-refractivity contribution in [1.29, 1.82) is 0 Å². The van der Waals surface area contributed by atoms with Crippen molar-refractivity contribution < 1.29 is 14.4 Å². The summed E-state index contributed by atoms with van der Waals surface area (Å²) in [7, 11) is -4.22. The smallest absolute Gasteiger partial charge is 0.333 e. The summed E-state index contributed by atoms with van der Waals surface area (Å²) in [5.41, 5.74) is 6.40. The van der Waals surface area contributed by atoms with E-state index in [4.69, 9.17) is 15.5 Å². The molecule has 2 aromatic rings. The van der Waals surface area contributed by atoms with Gasteiger partial charge < -0.3 is 15.5 Å². The SMILES string of the molecule is Nc1ccc(-c2nnc(CP(=O)(O)O)nn2)nc1. The highest BCUT2D eigenvalue weighted by Gasteiger charge is 2.17. The first-order valence-corrected chi connectivity index (χ1v) is 6.56. The molecule has 0 saturated carbocycles. The minimum absolute atomic E-state index is 0.123. The van der Waals surface area contributed by atoms with E-state index in [9.17, 15) is 4.57 Å². The summed E-state index contributed by atoms with van der Waals surface area (Å²) in [6.07, 6.45) is 0.838. The highest BCUT2D eigenvalue weighted by Crippen LogP contribution is 2.37. The fraction of sp³-hybridized carbons (Fsp3) is 0.125. The molecule has 0 atom stereocenters. The van der Waals surface area contributed by atoms with E-state index in [0.29, 0.717) is 11.4 Å². The zero-order chi connectivity index (χ0) is 13.2. The molecule has 0 aromatic carbocycles. The van der Waals surface area contributed by atoms with Crippen LogP contribution >= 0.6 is 7.60 Å². The molecule has 10 heteroatoms.